The molecule has 0 nitrogen and oxygen atoms in total. The molecule has 0 amide bonds. The molecule has 0 heterocycles. The molecule has 0 aromatic heterocycles. The summed E-state index contributed by atoms with van der Waals surface area (Å²) in [6, 6.07) is 2.35. The number of allylic oxidation sites excluding steroid dienone is 1. The Balaban J connectivity index is 2.71. The summed E-state index contributed by atoms with van der Waals surface area (Å²) >= 11 is 0. The van der Waals surface area contributed by atoms with E-state index in [-0.39, 0.29) is 5.41 Å². The topological polar surface area (TPSA) is 0 Å². The van der Waals surface area contributed by atoms with E-state index in [1.54, 1.807) is 0 Å². The molecule has 0 atom stereocenters. The van der Waals surface area contributed by atoms with Crippen molar-refractivity contribution in [2.75, 3.05) is 0 Å². The van der Waals surface area contributed by atoms with Gasteiger partial charge in [-0.25, -0.2) is 8.78 Å². The second-order valence-corrected chi connectivity index (χ2v) is 4.32. The van der Waals surface area contributed by atoms with Crippen molar-refractivity contribution in [2.24, 2.45) is 0 Å². The minimum absolute atomic E-state index is 0.307. The number of halogens is 2. The number of rotatable bonds is 0. The lowest BCUT2D eigenvalue weighted by atomic mass is 9.83. The van der Waals surface area contributed by atoms with Crippen molar-refractivity contribution in [3.8, 4) is 0 Å². The highest BCUT2D eigenvalue weighted by Crippen LogP contribution is 2.42. The first kappa shape index (κ1) is 9.38. The van der Waals surface area contributed by atoms with Crippen molar-refractivity contribution in [1.82, 2.24) is 0 Å². The van der Waals surface area contributed by atoms with E-state index < -0.39 is 11.6 Å². The van der Waals surface area contributed by atoms with Crippen LogP contribution in [0.4, 0.5) is 8.78 Å². The van der Waals surface area contributed by atoms with Crippen LogP contribution in [-0.4, -0.2) is 0 Å². The van der Waals surface area contributed by atoms with Crippen LogP contribution < -0.4 is 0 Å². The highest BCUT2D eigenvalue weighted by molar-refractivity contribution is 5.49. The fraction of sp³-hybridized carbons (Fsp3) is 0.333. The molecule has 0 N–H and O–H groups in total. The van der Waals surface area contributed by atoms with Gasteiger partial charge in [0.2, 0.25) is 0 Å². The molecular formula is C12H12F2. The summed E-state index contributed by atoms with van der Waals surface area (Å²) in [5, 5.41) is 0. The fourth-order valence-electron chi connectivity index (χ4n) is 1.97. The van der Waals surface area contributed by atoms with Crippen molar-refractivity contribution in [1.29, 1.82) is 0 Å². The Morgan fingerprint density at radius 3 is 2.57 bits per heavy atom. The van der Waals surface area contributed by atoms with E-state index in [1.165, 1.54) is 6.07 Å². The second-order valence-electron chi connectivity index (χ2n) is 4.32. The van der Waals surface area contributed by atoms with Crippen LogP contribution in [-0.2, 0) is 11.8 Å². The fourth-order valence-corrected chi connectivity index (χ4v) is 1.97. The van der Waals surface area contributed by atoms with Gasteiger partial charge in [0.05, 0.1) is 0 Å². The zero-order valence-electron chi connectivity index (χ0n) is 8.32. The molecule has 0 fully saturated rings. The first-order valence-corrected chi connectivity index (χ1v) is 4.59. The maximum Gasteiger partial charge on any atom is 0.129 e. The van der Waals surface area contributed by atoms with Crippen LogP contribution >= 0.6 is 0 Å². The van der Waals surface area contributed by atoms with Gasteiger partial charge >= 0.3 is 0 Å². The van der Waals surface area contributed by atoms with Gasteiger partial charge in [-0.3, -0.25) is 0 Å². The van der Waals surface area contributed by atoms with Crippen LogP contribution in [0.25, 0.3) is 0 Å². The highest BCUT2D eigenvalue weighted by Gasteiger charge is 2.35. The average molecular weight is 194 g/mol. The van der Waals surface area contributed by atoms with Crippen molar-refractivity contribution in [2.45, 2.75) is 25.7 Å². The molecule has 0 radical (unpaired) electrons. The van der Waals surface area contributed by atoms with Gasteiger partial charge in [-0.05, 0) is 23.6 Å². The number of fused-ring (bicyclic) bond motifs is 1. The Morgan fingerprint density at radius 1 is 1.29 bits per heavy atom. The van der Waals surface area contributed by atoms with Crippen molar-refractivity contribution >= 4 is 0 Å². The zero-order chi connectivity index (χ0) is 10.5. The molecule has 74 valence electrons. The maximum absolute atomic E-state index is 13.4. The van der Waals surface area contributed by atoms with E-state index in [9.17, 15) is 8.78 Å². The zero-order valence-corrected chi connectivity index (χ0v) is 8.32. The third-order valence-corrected chi connectivity index (χ3v) is 3.11. The SMILES string of the molecule is C=C1Cc2c(F)cc(F)cc2C1(C)C. The lowest BCUT2D eigenvalue weighted by Crippen LogP contribution is -2.14. The summed E-state index contributed by atoms with van der Waals surface area (Å²) in [6.07, 6.45) is 0.522. The molecule has 0 saturated heterocycles. The third-order valence-electron chi connectivity index (χ3n) is 3.11. The Kier molecular flexibility index (Phi) is 1.78. The van der Waals surface area contributed by atoms with Gasteiger partial charge in [-0.15, -0.1) is 0 Å². The molecule has 0 aliphatic heterocycles. The molecule has 1 aromatic rings. The molecule has 2 heteroatoms. The van der Waals surface area contributed by atoms with E-state index >= 15 is 0 Å². The highest BCUT2D eigenvalue weighted by atomic mass is 19.1. The van der Waals surface area contributed by atoms with E-state index in [2.05, 4.69) is 6.58 Å². The molecule has 2 rings (SSSR count). The van der Waals surface area contributed by atoms with Gasteiger partial charge in [0.25, 0.3) is 0 Å². The van der Waals surface area contributed by atoms with Crippen LogP contribution in [0.1, 0.15) is 25.0 Å². The Hall–Kier alpha value is -1.18. The van der Waals surface area contributed by atoms with E-state index in [1.807, 2.05) is 13.8 Å². The lowest BCUT2D eigenvalue weighted by molar-refractivity contribution is 0.567. The smallest absolute Gasteiger partial charge is 0.129 e. The summed E-state index contributed by atoms with van der Waals surface area (Å²) in [7, 11) is 0. The molecular weight excluding hydrogens is 182 g/mol. The molecule has 14 heavy (non-hydrogen) atoms. The quantitative estimate of drug-likeness (QED) is 0.555. The number of hydrogen-bond donors (Lipinski definition) is 0. The molecule has 0 bridgehead atoms. The molecule has 1 aromatic carbocycles. The van der Waals surface area contributed by atoms with Gasteiger partial charge in [0.1, 0.15) is 11.6 Å². The summed E-state index contributed by atoms with van der Waals surface area (Å²) in [5.74, 6) is -0.962. The third kappa shape index (κ3) is 1.10. The predicted molar refractivity (Wildman–Crippen MR) is 52.2 cm³/mol. The van der Waals surface area contributed by atoms with E-state index in [0.717, 1.165) is 17.2 Å². The van der Waals surface area contributed by atoms with Crippen LogP contribution in [0, 0.1) is 11.6 Å². The molecule has 0 unspecified atom stereocenters. The van der Waals surface area contributed by atoms with Crippen LogP contribution in [0.3, 0.4) is 0 Å². The monoisotopic (exact) mass is 194 g/mol. The maximum atomic E-state index is 13.4. The van der Waals surface area contributed by atoms with Gasteiger partial charge in [-0.2, -0.15) is 0 Å². The van der Waals surface area contributed by atoms with Gasteiger partial charge < -0.3 is 0 Å². The summed E-state index contributed by atoms with van der Waals surface area (Å²) in [4.78, 5) is 0. The normalized spacial score (nSPS) is 18.4. The van der Waals surface area contributed by atoms with Gasteiger partial charge in [0.15, 0.2) is 0 Å². The molecule has 0 saturated carbocycles. The van der Waals surface area contributed by atoms with Crippen LogP contribution in [0.2, 0.25) is 0 Å². The van der Waals surface area contributed by atoms with E-state index in [4.69, 9.17) is 0 Å². The summed E-state index contributed by atoms with van der Waals surface area (Å²) < 4.78 is 26.4. The first-order valence-electron chi connectivity index (χ1n) is 4.59. The minimum Gasteiger partial charge on any atom is -0.207 e. The van der Waals surface area contributed by atoms with Gasteiger partial charge in [-0.1, -0.05) is 26.0 Å². The van der Waals surface area contributed by atoms with Crippen molar-refractivity contribution < 1.29 is 8.78 Å². The second kappa shape index (κ2) is 2.66. The summed E-state index contributed by atoms with van der Waals surface area (Å²) in [5.41, 5.74) is 1.97. The Bertz CT molecular complexity index is 417. The molecule has 0 spiro atoms. The average Bonchev–Trinajstić information content (AvgIpc) is 2.28. The Labute approximate surface area is 82.3 Å². The Morgan fingerprint density at radius 2 is 1.93 bits per heavy atom. The van der Waals surface area contributed by atoms with Crippen molar-refractivity contribution in [3.63, 3.8) is 0 Å². The number of benzene rings is 1. The van der Waals surface area contributed by atoms with E-state index in [0.29, 0.717) is 12.0 Å². The number of hydrogen-bond acceptors (Lipinski definition) is 0. The molecule has 1 aliphatic carbocycles. The summed E-state index contributed by atoms with van der Waals surface area (Å²) in [6.45, 7) is 7.79. The minimum atomic E-state index is -0.510. The van der Waals surface area contributed by atoms with Crippen LogP contribution in [0.5, 0.6) is 0 Å². The first-order chi connectivity index (χ1) is 6.43. The van der Waals surface area contributed by atoms with Crippen molar-refractivity contribution in [3.05, 3.63) is 47.0 Å². The standard InChI is InChI=1S/C12H12F2/c1-7-4-9-10(12(7,2)3)5-8(13)6-11(9)14/h5-6H,1,4H2,2-3H3. The predicted octanol–water partition coefficient (Wildman–Crippen LogP) is 3.35. The lowest BCUT2D eigenvalue weighted by Gasteiger charge is -2.20. The van der Waals surface area contributed by atoms with Crippen LogP contribution in [0.15, 0.2) is 24.3 Å². The molecule has 1 aliphatic rings. The van der Waals surface area contributed by atoms with Gasteiger partial charge in [0, 0.05) is 11.5 Å². The largest absolute Gasteiger partial charge is 0.207 e.